The number of hydrogen-bond donors (Lipinski definition) is 2. The van der Waals surface area contributed by atoms with Gasteiger partial charge in [-0.1, -0.05) is 6.07 Å². The second-order valence-electron chi connectivity index (χ2n) is 5.30. The first-order valence-corrected chi connectivity index (χ1v) is 7.33. The molecule has 0 aliphatic carbocycles. The van der Waals surface area contributed by atoms with Gasteiger partial charge in [-0.25, -0.2) is 4.79 Å². The molecule has 0 saturated carbocycles. The fraction of sp³-hybridized carbons (Fsp3) is 0.111. The first-order valence-electron chi connectivity index (χ1n) is 7.33. The second kappa shape index (κ2) is 6.45. The molecule has 0 saturated heterocycles. The Balaban J connectivity index is 1.73. The Bertz CT molecular complexity index is 812. The van der Waals surface area contributed by atoms with Crippen molar-refractivity contribution in [3.8, 4) is 5.75 Å². The number of methoxy groups -OCH3 is 1. The summed E-state index contributed by atoms with van der Waals surface area (Å²) in [5.41, 5.74) is 2.30. The van der Waals surface area contributed by atoms with Gasteiger partial charge in [0.05, 0.1) is 19.2 Å². The number of carbonyl (C=O) groups is 2. The Kier molecular flexibility index (Phi) is 4.20. The average molecular weight is 324 g/mol. The number of aromatic carboxylic acids is 1. The van der Waals surface area contributed by atoms with Gasteiger partial charge in [-0.05, 0) is 42.5 Å². The van der Waals surface area contributed by atoms with Crippen molar-refractivity contribution in [3.63, 3.8) is 0 Å². The molecule has 2 aromatic carbocycles. The van der Waals surface area contributed by atoms with Crippen molar-refractivity contribution >= 4 is 23.3 Å². The zero-order valence-corrected chi connectivity index (χ0v) is 13.0. The fourth-order valence-corrected chi connectivity index (χ4v) is 2.49. The van der Waals surface area contributed by atoms with Gasteiger partial charge in [0.25, 0.3) is 5.91 Å². The summed E-state index contributed by atoms with van der Waals surface area (Å²) in [6, 6.07) is 13.7. The molecule has 2 aromatic rings. The molecule has 6 heteroatoms. The number of carboxylic acid groups (broad SMARTS) is 1. The van der Waals surface area contributed by atoms with Gasteiger partial charge in [0.1, 0.15) is 5.75 Å². The predicted molar refractivity (Wildman–Crippen MR) is 90.5 cm³/mol. The highest BCUT2D eigenvalue weighted by atomic mass is 16.5. The number of ether oxygens (including phenoxy) is 1. The zero-order valence-electron chi connectivity index (χ0n) is 13.0. The standard InChI is InChI=1S/C18H16N2O4/c1-24-16-7-5-15(6-8-16)20-11-14(10-17(20)21)19-13-4-2-3-12(9-13)18(22)23/h2-10,19H,11H2,1H3,(H,22,23). The van der Waals surface area contributed by atoms with Gasteiger partial charge in [0, 0.05) is 23.1 Å². The molecule has 2 N–H and O–H groups in total. The van der Waals surface area contributed by atoms with Gasteiger partial charge in [0.15, 0.2) is 0 Å². The largest absolute Gasteiger partial charge is 0.497 e. The molecule has 0 bridgehead atoms. The van der Waals surface area contributed by atoms with E-state index >= 15 is 0 Å². The third-order valence-corrected chi connectivity index (χ3v) is 3.69. The lowest BCUT2D eigenvalue weighted by atomic mass is 10.2. The SMILES string of the molecule is COc1ccc(N2CC(Nc3cccc(C(=O)O)c3)=CC2=O)cc1. The maximum absolute atomic E-state index is 12.2. The molecule has 0 spiro atoms. The number of carbonyl (C=O) groups excluding carboxylic acids is 1. The lowest BCUT2D eigenvalue weighted by molar-refractivity contribution is -0.113. The molecule has 1 aliphatic rings. The molecule has 1 aliphatic heterocycles. The van der Waals surface area contributed by atoms with Gasteiger partial charge in [-0.2, -0.15) is 0 Å². The number of benzene rings is 2. The maximum atomic E-state index is 12.2. The van der Waals surface area contributed by atoms with Crippen LogP contribution in [-0.2, 0) is 4.79 Å². The van der Waals surface area contributed by atoms with E-state index in [-0.39, 0.29) is 11.5 Å². The highest BCUT2D eigenvalue weighted by Crippen LogP contribution is 2.24. The van der Waals surface area contributed by atoms with Crippen LogP contribution >= 0.6 is 0 Å². The van der Waals surface area contributed by atoms with E-state index in [0.717, 1.165) is 11.4 Å². The van der Waals surface area contributed by atoms with E-state index in [1.54, 1.807) is 36.3 Å². The number of carboxylic acids is 1. The molecular formula is C18H16N2O4. The van der Waals surface area contributed by atoms with E-state index in [0.29, 0.717) is 17.9 Å². The van der Waals surface area contributed by atoms with Gasteiger partial charge in [0.2, 0.25) is 0 Å². The van der Waals surface area contributed by atoms with Crippen molar-refractivity contribution in [2.45, 2.75) is 0 Å². The number of nitrogens with one attached hydrogen (secondary N) is 1. The molecule has 0 atom stereocenters. The smallest absolute Gasteiger partial charge is 0.335 e. The minimum Gasteiger partial charge on any atom is -0.497 e. The molecule has 6 nitrogen and oxygen atoms in total. The van der Waals surface area contributed by atoms with E-state index in [1.165, 1.54) is 18.2 Å². The second-order valence-corrected chi connectivity index (χ2v) is 5.30. The summed E-state index contributed by atoms with van der Waals surface area (Å²) in [7, 11) is 1.59. The van der Waals surface area contributed by atoms with Gasteiger partial charge in [-0.3, -0.25) is 4.79 Å². The number of amides is 1. The van der Waals surface area contributed by atoms with E-state index in [9.17, 15) is 9.59 Å². The molecular weight excluding hydrogens is 308 g/mol. The van der Waals surface area contributed by atoms with Crippen LogP contribution in [0.3, 0.4) is 0 Å². The van der Waals surface area contributed by atoms with Crippen molar-refractivity contribution in [2.24, 2.45) is 0 Å². The predicted octanol–water partition coefficient (Wildman–Crippen LogP) is 2.74. The number of anilines is 2. The van der Waals surface area contributed by atoms with Crippen LogP contribution in [0.15, 0.2) is 60.3 Å². The van der Waals surface area contributed by atoms with E-state index in [2.05, 4.69) is 5.32 Å². The number of hydrogen-bond acceptors (Lipinski definition) is 4. The van der Waals surface area contributed by atoms with Crippen LogP contribution in [-0.4, -0.2) is 30.6 Å². The summed E-state index contributed by atoms with van der Waals surface area (Å²) in [6.45, 7) is 0.391. The Labute approximate surface area is 139 Å². The van der Waals surface area contributed by atoms with Gasteiger partial charge >= 0.3 is 5.97 Å². The van der Waals surface area contributed by atoms with Crippen LogP contribution in [0, 0.1) is 0 Å². The molecule has 0 aromatic heterocycles. The van der Waals surface area contributed by atoms with Crippen LogP contribution < -0.4 is 15.0 Å². The summed E-state index contributed by atoms with van der Waals surface area (Å²) >= 11 is 0. The highest BCUT2D eigenvalue weighted by molar-refractivity contribution is 6.05. The van der Waals surface area contributed by atoms with Crippen molar-refractivity contribution in [1.82, 2.24) is 0 Å². The minimum absolute atomic E-state index is 0.128. The quantitative estimate of drug-likeness (QED) is 0.884. The summed E-state index contributed by atoms with van der Waals surface area (Å²) in [4.78, 5) is 24.8. The molecule has 24 heavy (non-hydrogen) atoms. The minimum atomic E-state index is -0.991. The molecule has 0 unspecified atom stereocenters. The first kappa shape index (κ1) is 15.6. The molecule has 0 radical (unpaired) electrons. The Morgan fingerprint density at radius 3 is 2.62 bits per heavy atom. The van der Waals surface area contributed by atoms with Crippen LogP contribution in [0.4, 0.5) is 11.4 Å². The van der Waals surface area contributed by atoms with E-state index in [4.69, 9.17) is 9.84 Å². The van der Waals surface area contributed by atoms with Gasteiger partial charge < -0.3 is 20.1 Å². The van der Waals surface area contributed by atoms with Gasteiger partial charge in [-0.15, -0.1) is 0 Å². The maximum Gasteiger partial charge on any atom is 0.335 e. The molecule has 1 amide bonds. The first-order chi connectivity index (χ1) is 11.6. The lowest BCUT2D eigenvalue weighted by Gasteiger charge is -2.17. The van der Waals surface area contributed by atoms with Crippen molar-refractivity contribution in [1.29, 1.82) is 0 Å². The van der Waals surface area contributed by atoms with E-state index in [1.807, 2.05) is 12.1 Å². The van der Waals surface area contributed by atoms with Crippen LogP contribution in [0.2, 0.25) is 0 Å². The van der Waals surface area contributed by atoms with Crippen LogP contribution in [0.1, 0.15) is 10.4 Å². The van der Waals surface area contributed by atoms with Crippen LogP contribution in [0.25, 0.3) is 0 Å². The molecule has 1 heterocycles. The lowest BCUT2D eigenvalue weighted by Crippen LogP contribution is -2.25. The zero-order chi connectivity index (χ0) is 17.1. The number of rotatable bonds is 5. The normalized spacial score (nSPS) is 13.6. The summed E-state index contributed by atoms with van der Waals surface area (Å²) in [6.07, 6.45) is 1.51. The van der Waals surface area contributed by atoms with Crippen molar-refractivity contribution < 1.29 is 19.4 Å². The van der Waals surface area contributed by atoms with Crippen LogP contribution in [0.5, 0.6) is 5.75 Å². The Morgan fingerprint density at radius 1 is 1.21 bits per heavy atom. The van der Waals surface area contributed by atoms with E-state index < -0.39 is 5.97 Å². The summed E-state index contributed by atoms with van der Waals surface area (Å²) < 4.78 is 5.11. The average Bonchev–Trinajstić information content (AvgIpc) is 2.95. The van der Waals surface area contributed by atoms with Crippen molar-refractivity contribution in [3.05, 3.63) is 65.9 Å². The third kappa shape index (κ3) is 3.22. The van der Waals surface area contributed by atoms with Crippen molar-refractivity contribution in [2.75, 3.05) is 23.9 Å². The number of nitrogens with zero attached hydrogens (tertiary/aromatic N) is 1. The molecule has 0 fully saturated rings. The Morgan fingerprint density at radius 2 is 1.96 bits per heavy atom. The Hall–Kier alpha value is -3.28. The fourth-order valence-electron chi connectivity index (χ4n) is 2.49. The molecule has 3 rings (SSSR count). The topological polar surface area (TPSA) is 78.9 Å². The molecule has 122 valence electrons. The summed E-state index contributed by atoms with van der Waals surface area (Å²) in [5, 5.41) is 12.1. The highest BCUT2D eigenvalue weighted by Gasteiger charge is 2.23. The third-order valence-electron chi connectivity index (χ3n) is 3.69. The monoisotopic (exact) mass is 324 g/mol. The summed E-state index contributed by atoms with van der Waals surface area (Å²) in [5.74, 6) is -0.394.